The van der Waals surface area contributed by atoms with Crippen LogP contribution in [-0.2, 0) is 4.74 Å². The minimum absolute atomic E-state index is 0.00352. The maximum absolute atomic E-state index is 14.0. The van der Waals surface area contributed by atoms with Crippen LogP contribution in [0.1, 0.15) is 25.5 Å². The van der Waals surface area contributed by atoms with Crippen LogP contribution in [0.4, 0.5) is 10.1 Å². The Morgan fingerprint density at radius 1 is 1.44 bits per heavy atom. The lowest BCUT2D eigenvalue weighted by Gasteiger charge is -2.25. The van der Waals surface area contributed by atoms with E-state index in [-0.39, 0.29) is 11.9 Å². The molecular weight excluding hydrogens is 231 g/mol. The summed E-state index contributed by atoms with van der Waals surface area (Å²) < 4.78 is 19.1. The molecule has 0 saturated carbocycles. The Hall–Kier alpha value is -1.13. The number of nitrogens with one attached hydrogen (secondary N) is 1. The van der Waals surface area contributed by atoms with Gasteiger partial charge in [0, 0.05) is 38.0 Å². The Labute approximate surface area is 109 Å². The summed E-state index contributed by atoms with van der Waals surface area (Å²) in [6, 6.07) is 5.20. The van der Waals surface area contributed by atoms with Gasteiger partial charge in [-0.25, -0.2) is 4.39 Å². The van der Waals surface area contributed by atoms with Crippen LogP contribution < -0.4 is 10.2 Å². The predicted molar refractivity (Wildman–Crippen MR) is 73.6 cm³/mol. The maximum Gasteiger partial charge on any atom is 0.130 e. The number of rotatable bonds is 7. The van der Waals surface area contributed by atoms with Crippen molar-refractivity contribution in [2.75, 3.05) is 38.8 Å². The van der Waals surface area contributed by atoms with Crippen LogP contribution in [0, 0.1) is 5.82 Å². The SMILES string of the molecule is CCNC(C)c1c(F)cccc1N(C)CCOC. The molecule has 1 aromatic carbocycles. The average Bonchev–Trinajstić information content (AvgIpc) is 2.35. The van der Waals surface area contributed by atoms with E-state index in [1.165, 1.54) is 6.07 Å². The smallest absolute Gasteiger partial charge is 0.130 e. The highest BCUT2D eigenvalue weighted by Gasteiger charge is 2.17. The van der Waals surface area contributed by atoms with Gasteiger partial charge in [0.05, 0.1) is 6.61 Å². The molecule has 1 rings (SSSR count). The molecule has 18 heavy (non-hydrogen) atoms. The summed E-state index contributed by atoms with van der Waals surface area (Å²) in [5, 5.41) is 3.26. The molecule has 0 aliphatic carbocycles. The van der Waals surface area contributed by atoms with Crippen molar-refractivity contribution >= 4 is 5.69 Å². The maximum atomic E-state index is 14.0. The fraction of sp³-hybridized carbons (Fsp3) is 0.571. The molecule has 3 nitrogen and oxygen atoms in total. The number of methoxy groups -OCH3 is 1. The Kier molecular flexibility index (Phi) is 6.09. The van der Waals surface area contributed by atoms with Crippen LogP contribution in [0.2, 0.25) is 0 Å². The number of halogens is 1. The van der Waals surface area contributed by atoms with Crippen LogP contribution in [0.25, 0.3) is 0 Å². The lowest BCUT2D eigenvalue weighted by molar-refractivity contribution is 0.206. The van der Waals surface area contributed by atoms with E-state index >= 15 is 0 Å². The number of benzene rings is 1. The highest BCUT2D eigenvalue weighted by molar-refractivity contribution is 5.55. The molecule has 0 saturated heterocycles. The Balaban J connectivity index is 2.99. The Morgan fingerprint density at radius 2 is 2.17 bits per heavy atom. The summed E-state index contributed by atoms with van der Waals surface area (Å²) >= 11 is 0. The molecule has 1 N–H and O–H groups in total. The minimum Gasteiger partial charge on any atom is -0.383 e. The van der Waals surface area contributed by atoms with E-state index in [0.717, 1.165) is 24.3 Å². The summed E-state index contributed by atoms with van der Waals surface area (Å²) in [7, 11) is 3.62. The molecule has 4 heteroatoms. The van der Waals surface area contributed by atoms with Crippen LogP contribution in [-0.4, -0.2) is 33.9 Å². The van der Waals surface area contributed by atoms with Gasteiger partial charge < -0.3 is 15.0 Å². The van der Waals surface area contributed by atoms with Crippen LogP contribution in [0.15, 0.2) is 18.2 Å². The Bertz CT molecular complexity index is 371. The highest BCUT2D eigenvalue weighted by atomic mass is 19.1. The summed E-state index contributed by atoms with van der Waals surface area (Å²) in [5.74, 6) is -0.162. The van der Waals surface area contributed by atoms with E-state index in [1.54, 1.807) is 13.2 Å². The summed E-state index contributed by atoms with van der Waals surface area (Å²) in [6.07, 6.45) is 0. The summed E-state index contributed by atoms with van der Waals surface area (Å²) in [4.78, 5) is 2.02. The molecule has 0 amide bonds. The standard InChI is InChI=1S/C14H23FN2O/c1-5-16-11(2)14-12(15)7-6-8-13(14)17(3)9-10-18-4/h6-8,11,16H,5,9-10H2,1-4H3. The van der Waals surface area contributed by atoms with Crippen LogP contribution in [0.5, 0.6) is 0 Å². The average molecular weight is 254 g/mol. The molecule has 0 fully saturated rings. The van der Waals surface area contributed by atoms with Gasteiger partial charge >= 0.3 is 0 Å². The van der Waals surface area contributed by atoms with E-state index in [9.17, 15) is 4.39 Å². The van der Waals surface area contributed by atoms with E-state index in [0.29, 0.717) is 6.61 Å². The Morgan fingerprint density at radius 3 is 2.78 bits per heavy atom. The first kappa shape index (κ1) is 14.9. The first-order valence-corrected chi connectivity index (χ1v) is 6.33. The molecule has 0 spiro atoms. The van der Waals surface area contributed by atoms with E-state index in [2.05, 4.69) is 5.32 Å². The molecule has 0 bridgehead atoms. The third-order valence-corrected chi connectivity index (χ3v) is 3.02. The second-order valence-electron chi connectivity index (χ2n) is 4.37. The molecule has 1 unspecified atom stereocenters. The van der Waals surface area contributed by atoms with Crippen molar-refractivity contribution in [2.24, 2.45) is 0 Å². The quantitative estimate of drug-likeness (QED) is 0.809. The lowest BCUT2D eigenvalue weighted by Crippen LogP contribution is -2.27. The van der Waals surface area contributed by atoms with Crippen molar-refractivity contribution < 1.29 is 9.13 Å². The molecule has 0 aromatic heterocycles. The van der Waals surface area contributed by atoms with E-state index in [4.69, 9.17) is 4.74 Å². The molecule has 102 valence electrons. The molecule has 0 aliphatic rings. The van der Waals surface area contributed by atoms with E-state index < -0.39 is 0 Å². The van der Waals surface area contributed by atoms with Crippen molar-refractivity contribution in [1.82, 2.24) is 5.32 Å². The fourth-order valence-corrected chi connectivity index (χ4v) is 2.04. The molecule has 0 aliphatic heterocycles. The van der Waals surface area contributed by atoms with Gasteiger partial charge in [-0.05, 0) is 25.6 Å². The fourth-order valence-electron chi connectivity index (χ4n) is 2.04. The first-order chi connectivity index (χ1) is 8.61. The number of hydrogen-bond donors (Lipinski definition) is 1. The zero-order valence-electron chi connectivity index (χ0n) is 11.7. The second-order valence-corrected chi connectivity index (χ2v) is 4.37. The third kappa shape index (κ3) is 3.68. The van der Waals surface area contributed by atoms with Gasteiger partial charge in [0.2, 0.25) is 0 Å². The molecule has 1 atom stereocenters. The third-order valence-electron chi connectivity index (χ3n) is 3.02. The van der Waals surface area contributed by atoms with Crippen LogP contribution in [0.3, 0.4) is 0 Å². The lowest BCUT2D eigenvalue weighted by atomic mass is 10.0. The van der Waals surface area contributed by atoms with Gasteiger partial charge in [-0.15, -0.1) is 0 Å². The van der Waals surface area contributed by atoms with Gasteiger partial charge in [-0.3, -0.25) is 0 Å². The molecule has 0 heterocycles. The van der Waals surface area contributed by atoms with Crippen molar-refractivity contribution in [3.8, 4) is 0 Å². The topological polar surface area (TPSA) is 24.5 Å². The second kappa shape index (κ2) is 7.34. The van der Waals surface area contributed by atoms with E-state index in [1.807, 2.05) is 31.9 Å². The highest BCUT2D eigenvalue weighted by Crippen LogP contribution is 2.28. The molecule has 0 radical (unpaired) electrons. The predicted octanol–water partition coefficient (Wildman–Crippen LogP) is 2.58. The molecule has 1 aromatic rings. The minimum atomic E-state index is -0.162. The van der Waals surface area contributed by atoms with Crippen LogP contribution >= 0.6 is 0 Å². The monoisotopic (exact) mass is 254 g/mol. The zero-order chi connectivity index (χ0) is 13.5. The van der Waals surface area contributed by atoms with Crippen molar-refractivity contribution in [3.63, 3.8) is 0 Å². The normalized spacial score (nSPS) is 12.5. The number of likely N-dealkylation sites (N-methyl/N-ethyl adjacent to an activating group) is 1. The van der Waals surface area contributed by atoms with Crippen molar-refractivity contribution in [3.05, 3.63) is 29.6 Å². The first-order valence-electron chi connectivity index (χ1n) is 6.33. The van der Waals surface area contributed by atoms with Crippen molar-refractivity contribution in [1.29, 1.82) is 0 Å². The largest absolute Gasteiger partial charge is 0.383 e. The van der Waals surface area contributed by atoms with Gasteiger partial charge in [0.25, 0.3) is 0 Å². The van der Waals surface area contributed by atoms with Gasteiger partial charge in [0.15, 0.2) is 0 Å². The number of nitrogens with zero attached hydrogens (tertiary/aromatic N) is 1. The van der Waals surface area contributed by atoms with Crippen molar-refractivity contribution in [2.45, 2.75) is 19.9 Å². The zero-order valence-corrected chi connectivity index (χ0v) is 11.7. The number of hydrogen-bond acceptors (Lipinski definition) is 3. The summed E-state index contributed by atoms with van der Waals surface area (Å²) in [5.41, 5.74) is 1.64. The van der Waals surface area contributed by atoms with Gasteiger partial charge in [-0.1, -0.05) is 13.0 Å². The van der Waals surface area contributed by atoms with Gasteiger partial charge in [0.1, 0.15) is 5.82 Å². The number of anilines is 1. The molecular formula is C14H23FN2O. The number of ether oxygens (including phenoxy) is 1. The summed E-state index contributed by atoms with van der Waals surface area (Å²) in [6.45, 7) is 6.19. The van der Waals surface area contributed by atoms with Gasteiger partial charge in [-0.2, -0.15) is 0 Å².